The zero-order valence-electron chi connectivity index (χ0n) is 7.26. The molecule has 5 heteroatoms. The summed E-state index contributed by atoms with van der Waals surface area (Å²) in [5.74, 6) is 0. The lowest BCUT2D eigenvalue weighted by molar-refractivity contribution is 0.975. The van der Waals surface area contributed by atoms with Gasteiger partial charge in [0, 0.05) is 13.1 Å². The highest BCUT2D eigenvalue weighted by Crippen LogP contribution is 2.34. The van der Waals surface area contributed by atoms with Gasteiger partial charge in [-0.3, -0.25) is 0 Å². The van der Waals surface area contributed by atoms with E-state index in [1.807, 2.05) is 23.1 Å². The van der Waals surface area contributed by atoms with E-state index in [1.54, 1.807) is 0 Å². The van der Waals surface area contributed by atoms with Crippen LogP contribution >= 0.6 is 35.4 Å². The van der Waals surface area contributed by atoms with Crippen LogP contribution in [0.2, 0.25) is 10.0 Å². The first-order valence-corrected chi connectivity index (χ1v) is 5.36. The van der Waals surface area contributed by atoms with Crippen molar-refractivity contribution in [1.29, 1.82) is 0 Å². The predicted octanol–water partition coefficient (Wildman–Crippen LogP) is 2.69. The second-order valence-electron chi connectivity index (χ2n) is 2.95. The number of rotatable bonds is 1. The highest BCUT2D eigenvalue weighted by molar-refractivity contribution is 7.80. The molecule has 2 rings (SSSR count). The average molecular weight is 247 g/mol. The van der Waals surface area contributed by atoms with Gasteiger partial charge in [0.2, 0.25) is 0 Å². The van der Waals surface area contributed by atoms with Gasteiger partial charge in [0.05, 0.1) is 15.7 Å². The molecule has 1 aliphatic rings. The van der Waals surface area contributed by atoms with E-state index in [0.717, 1.165) is 18.8 Å². The molecule has 1 fully saturated rings. The molecule has 0 saturated carbocycles. The van der Waals surface area contributed by atoms with E-state index in [9.17, 15) is 0 Å². The first-order valence-electron chi connectivity index (χ1n) is 4.19. The van der Waals surface area contributed by atoms with Gasteiger partial charge in [-0.25, -0.2) is 0 Å². The fourth-order valence-corrected chi connectivity index (χ4v) is 2.32. The molecule has 0 unspecified atom stereocenters. The minimum Gasteiger partial charge on any atom is -0.360 e. The van der Waals surface area contributed by atoms with Gasteiger partial charge in [0.1, 0.15) is 0 Å². The Bertz CT molecular complexity index is 361. The molecule has 0 bridgehead atoms. The van der Waals surface area contributed by atoms with E-state index in [0.29, 0.717) is 15.2 Å². The van der Waals surface area contributed by atoms with Gasteiger partial charge in [-0.05, 0) is 24.4 Å². The number of hydrogen-bond acceptors (Lipinski definition) is 1. The lowest BCUT2D eigenvalue weighted by atomic mass is 10.3. The molecule has 0 spiro atoms. The number of hydrogen-bond donors (Lipinski definition) is 1. The predicted molar refractivity (Wildman–Crippen MR) is 64.4 cm³/mol. The van der Waals surface area contributed by atoms with Gasteiger partial charge in [0.25, 0.3) is 0 Å². The molecule has 1 heterocycles. The summed E-state index contributed by atoms with van der Waals surface area (Å²) >= 11 is 17.3. The zero-order valence-corrected chi connectivity index (χ0v) is 9.59. The summed E-state index contributed by atoms with van der Waals surface area (Å²) in [6, 6.07) is 5.44. The van der Waals surface area contributed by atoms with E-state index in [4.69, 9.17) is 35.4 Å². The Balaban J connectivity index is 2.44. The Morgan fingerprint density at radius 3 is 2.43 bits per heavy atom. The lowest BCUT2D eigenvalue weighted by Gasteiger charge is -2.19. The highest BCUT2D eigenvalue weighted by Gasteiger charge is 2.21. The SMILES string of the molecule is S=C1NCCN1c1c(Cl)cccc1Cl. The van der Waals surface area contributed by atoms with Crippen LogP contribution in [0, 0.1) is 0 Å². The summed E-state index contributed by atoms with van der Waals surface area (Å²) in [5, 5.41) is 5.00. The molecule has 0 aromatic heterocycles. The molecule has 74 valence electrons. The standard InChI is InChI=1S/C9H8Cl2N2S/c10-6-2-1-3-7(11)8(6)13-5-4-12-9(13)14/h1-3H,4-5H2,(H,12,14). The molecule has 1 aliphatic heterocycles. The smallest absolute Gasteiger partial charge is 0.173 e. The van der Waals surface area contributed by atoms with E-state index >= 15 is 0 Å². The summed E-state index contributed by atoms with van der Waals surface area (Å²) in [6.45, 7) is 1.64. The van der Waals surface area contributed by atoms with Gasteiger partial charge in [-0.1, -0.05) is 29.3 Å². The van der Waals surface area contributed by atoms with Gasteiger partial charge >= 0.3 is 0 Å². The van der Waals surface area contributed by atoms with Crippen LogP contribution in [0.1, 0.15) is 0 Å². The van der Waals surface area contributed by atoms with Crippen LogP contribution in [-0.4, -0.2) is 18.2 Å². The molecular formula is C9H8Cl2N2S. The molecular weight excluding hydrogens is 239 g/mol. The Kier molecular flexibility index (Phi) is 2.81. The molecule has 1 saturated heterocycles. The molecule has 0 radical (unpaired) electrons. The molecule has 0 aliphatic carbocycles. The molecule has 14 heavy (non-hydrogen) atoms. The summed E-state index contributed by atoms with van der Waals surface area (Å²) < 4.78 is 0. The minimum absolute atomic E-state index is 0.628. The zero-order chi connectivity index (χ0) is 10.1. The number of nitrogens with one attached hydrogen (secondary N) is 1. The van der Waals surface area contributed by atoms with Crippen molar-refractivity contribution < 1.29 is 0 Å². The summed E-state index contributed by atoms with van der Waals surface area (Å²) in [7, 11) is 0. The molecule has 0 atom stereocenters. The van der Waals surface area contributed by atoms with Crippen LogP contribution in [0.3, 0.4) is 0 Å². The molecule has 1 aromatic rings. The fraction of sp³-hybridized carbons (Fsp3) is 0.222. The van der Waals surface area contributed by atoms with E-state index in [-0.39, 0.29) is 0 Å². The number of nitrogens with zero attached hydrogens (tertiary/aromatic N) is 1. The Labute approximate surface area is 97.8 Å². The Morgan fingerprint density at radius 2 is 1.93 bits per heavy atom. The van der Waals surface area contributed by atoms with Crippen LogP contribution in [-0.2, 0) is 0 Å². The number of halogens is 2. The highest BCUT2D eigenvalue weighted by atomic mass is 35.5. The molecule has 1 N–H and O–H groups in total. The maximum atomic E-state index is 6.06. The normalized spacial score (nSPS) is 15.9. The van der Waals surface area contributed by atoms with Gasteiger partial charge in [0.15, 0.2) is 5.11 Å². The quantitative estimate of drug-likeness (QED) is 0.768. The van der Waals surface area contributed by atoms with Gasteiger partial charge in [-0.2, -0.15) is 0 Å². The topological polar surface area (TPSA) is 15.3 Å². The van der Waals surface area contributed by atoms with E-state index in [2.05, 4.69) is 5.32 Å². The largest absolute Gasteiger partial charge is 0.360 e. The fourth-order valence-electron chi connectivity index (χ4n) is 1.43. The van der Waals surface area contributed by atoms with Crippen LogP contribution in [0.15, 0.2) is 18.2 Å². The van der Waals surface area contributed by atoms with Crippen molar-refractivity contribution in [1.82, 2.24) is 5.32 Å². The summed E-state index contributed by atoms with van der Waals surface area (Å²) in [6.07, 6.45) is 0. The second-order valence-corrected chi connectivity index (χ2v) is 4.15. The minimum atomic E-state index is 0.628. The third kappa shape index (κ3) is 1.67. The van der Waals surface area contributed by atoms with E-state index < -0.39 is 0 Å². The van der Waals surface area contributed by atoms with Gasteiger partial charge < -0.3 is 10.2 Å². The van der Waals surface area contributed by atoms with E-state index in [1.165, 1.54) is 0 Å². The molecule has 1 aromatic carbocycles. The number of para-hydroxylation sites is 1. The van der Waals surface area contributed by atoms with Crippen molar-refractivity contribution in [3.8, 4) is 0 Å². The van der Waals surface area contributed by atoms with Crippen molar-refractivity contribution in [3.63, 3.8) is 0 Å². The summed E-state index contributed by atoms with van der Waals surface area (Å²) in [5.41, 5.74) is 0.797. The first-order chi connectivity index (χ1) is 6.70. The summed E-state index contributed by atoms with van der Waals surface area (Å²) in [4.78, 5) is 1.92. The number of thiocarbonyl (C=S) groups is 1. The number of benzene rings is 1. The number of anilines is 1. The van der Waals surface area contributed by atoms with Crippen molar-refractivity contribution in [2.24, 2.45) is 0 Å². The van der Waals surface area contributed by atoms with Crippen molar-refractivity contribution in [3.05, 3.63) is 28.2 Å². The van der Waals surface area contributed by atoms with Crippen molar-refractivity contribution >= 4 is 46.2 Å². The van der Waals surface area contributed by atoms with Gasteiger partial charge in [-0.15, -0.1) is 0 Å². The first kappa shape index (κ1) is 10.0. The maximum absolute atomic E-state index is 6.06. The third-order valence-corrected chi connectivity index (χ3v) is 3.04. The van der Waals surface area contributed by atoms with Crippen LogP contribution < -0.4 is 10.2 Å². The van der Waals surface area contributed by atoms with Crippen molar-refractivity contribution in [2.75, 3.05) is 18.0 Å². The third-order valence-electron chi connectivity index (χ3n) is 2.06. The van der Waals surface area contributed by atoms with Crippen molar-refractivity contribution in [2.45, 2.75) is 0 Å². The van der Waals surface area contributed by atoms with Crippen LogP contribution in [0.4, 0.5) is 5.69 Å². The Morgan fingerprint density at radius 1 is 1.29 bits per heavy atom. The lowest BCUT2D eigenvalue weighted by Crippen LogP contribution is -2.27. The molecule has 0 amide bonds. The maximum Gasteiger partial charge on any atom is 0.173 e. The second kappa shape index (κ2) is 3.93. The average Bonchev–Trinajstić information content (AvgIpc) is 2.52. The molecule has 2 nitrogen and oxygen atoms in total. The monoisotopic (exact) mass is 246 g/mol. The van der Waals surface area contributed by atoms with Crippen LogP contribution in [0.25, 0.3) is 0 Å². The van der Waals surface area contributed by atoms with Crippen LogP contribution in [0.5, 0.6) is 0 Å². The Hall–Kier alpha value is -0.510.